The maximum atomic E-state index is 5.45. The maximum absolute atomic E-state index is 5.45. The first-order valence-corrected chi connectivity index (χ1v) is 4.26. The van der Waals surface area contributed by atoms with Crippen molar-refractivity contribution < 1.29 is 0 Å². The van der Waals surface area contributed by atoms with Crippen LogP contribution in [0.5, 0.6) is 0 Å². The SMILES string of the molecule is C#[N+]/C(CCCCN)=C(\C)CN. The highest BCUT2D eigenvalue weighted by Gasteiger charge is 2.09. The van der Waals surface area contributed by atoms with Gasteiger partial charge in [0.25, 0.3) is 6.57 Å². The lowest BCUT2D eigenvalue weighted by Gasteiger charge is -1.94. The van der Waals surface area contributed by atoms with Crippen molar-refractivity contribution in [3.05, 3.63) is 16.1 Å². The van der Waals surface area contributed by atoms with Crippen molar-refractivity contribution in [3.8, 4) is 6.57 Å². The molecule has 0 aromatic rings. The Morgan fingerprint density at radius 2 is 2.00 bits per heavy atom. The van der Waals surface area contributed by atoms with Gasteiger partial charge in [-0.15, -0.1) is 0 Å². The molecule has 0 unspecified atom stereocenters. The maximum Gasteiger partial charge on any atom is 0.316 e. The minimum absolute atomic E-state index is 0.526. The summed E-state index contributed by atoms with van der Waals surface area (Å²) in [6.45, 7) is 8.41. The Morgan fingerprint density at radius 3 is 2.42 bits per heavy atom. The molecule has 4 N–H and O–H groups in total. The Morgan fingerprint density at radius 1 is 1.33 bits per heavy atom. The number of allylic oxidation sites excluding steroid dienone is 1. The lowest BCUT2D eigenvalue weighted by Crippen LogP contribution is -2.03. The molecule has 0 saturated carbocycles. The van der Waals surface area contributed by atoms with Crippen LogP contribution in [-0.2, 0) is 0 Å². The number of nitrogens with zero attached hydrogens (tertiary/aromatic N) is 1. The van der Waals surface area contributed by atoms with Crippen LogP contribution in [0.25, 0.3) is 4.85 Å². The first-order valence-electron chi connectivity index (χ1n) is 4.26. The van der Waals surface area contributed by atoms with Crippen LogP contribution in [0.1, 0.15) is 26.2 Å². The second-order valence-electron chi connectivity index (χ2n) is 2.81. The first kappa shape index (κ1) is 11.2. The molecule has 3 nitrogen and oxygen atoms in total. The lowest BCUT2D eigenvalue weighted by molar-refractivity contribution is 0.741. The molecule has 0 aromatic heterocycles. The largest absolute Gasteiger partial charge is 0.330 e. The van der Waals surface area contributed by atoms with E-state index in [1.807, 2.05) is 6.92 Å². The van der Waals surface area contributed by atoms with Crippen molar-refractivity contribution >= 4 is 0 Å². The zero-order valence-electron chi connectivity index (χ0n) is 7.71. The summed E-state index contributed by atoms with van der Waals surface area (Å²) in [7, 11) is 0. The minimum atomic E-state index is 0.526. The van der Waals surface area contributed by atoms with Crippen LogP contribution in [0.4, 0.5) is 0 Å². The molecule has 0 atom stereocenters. The summed E-state index contributed by atoms with van der Waals surface area (Å²) >= 11 is 0. The predicted molar refractivity (Wildman–Crippen MR) is 53.0 cm³/mol. The van der Waals surface area contributed by atoms with Crippen molar-refractivity contribution in [3.63, 3.8) is 0 Å². The second-order valence-corrected chi connectivity index (χ2v) is 2.81. The van der Waals surface area contributed by atoms with Gasteiger partial charge in [0.05, 0.1) is 6.42 Å². The minimum Gasteiger partial charge on any atom is -0.330 e. The summed E-state index contributed by atoms with van der Waals surface area (Å²) in [5, 5.41) is 0. The molecule has 68 valence electrons. The van der Waals surface area contributed by atoms with Crippen LogP contribution in [-0.4, -0.2) is 13.1 Å². The monoisotopic (exact) mass is 168 g/mol. The van der Waals surface area contributed by atoms with Crippen LogP contribution in [0.2, 0.25) is 0 Å². The van der Waals surface area contributed by atoms with E-state index in [4.69, 9.17) is 18.0 Å². The second kappa shape index (κ2) is 6.84. The van der Waals surface area contributed by atoms with E-state index < -0.39 is 0 Å². The van der Waals surface area contributed by atoms with Gasteiger partial charge in [0.2, 0.25) is 0 Å². The van der Waals surface area contributed by atoms with E-state index in [9.17, 15) is 0 Å². The van der Waals surface area contributed by atoms with Crippen molar-refractivity contribution in [2.45, 2.75) is 26.2 Å². The molecule has 0 bridgehead atoms. The normalized spacial score (nSPS) is 12.2. The molecule has 12 heavy (non-hydrogen) atoms. The van der Waals surface area contributed by atoms with E-state index in [-0.39, 0.29) is 0 Å². The summed E-state index contributed by atoms with van der Waals surface area (Å²) in [5.74, 6) is 0. The van der Waals surface area contributed by atoms with Crippen LogP contribution in [0.3, 0.4) is 0 Å². The third kappa shape index (κ3) is 4.12. The standard InChI is InChI=1S/C9H18N3/c1-8(7-11)9(12-2)5-3-4-6-10/h2H,3-7,10-11H2,1H3/q+1/b9-8+. The molecule has 0 radical (unpaired) electrons. The van der Waals surface area contributed by atoms with Crippen LogP contribution < -0.4 is 11.5 Å². The number of unbranched alkanes of at least 4 members (excludes halogenated alkanes) is 1. The van der Waals surface area contributed by atoms with Gasteiger partial charge < -0.3 is 11.5 Å². The smallest absolute Gasteiger partial charge is 0.316 e. The quantitative estimate of drug-likeness (QED) is 0.608. The van der Waals surface area contributed by atoms with E-state index in [1.165, 1.54) is 0 Å². The first-order chi connectivity index (χ1) is 5.76. The van der Waals surface area contributed by atoms with Gasteiger partial charge in [-0.05, 0) is 31.2 Å². The van der Waals surface area contributed by atoms with Crippen molar-refractivity contribution in [2.24, 2.45) is 11.5 Å². The van der Waals surface area contributed by atoms with Gasteiger partial charge in [-0.1, -0.05) is 0 Å². The fourth-order valence-corrected chi connectivity index (χ4v) is 0.943. The van der Waals surface area contributed by atoms with E-state index in [0.717, 1.165) is 37.1 Å². The Kier molecular flexibility index (Phi) is 6.35. The van der Waals surface area contributed by atoms with Crippen LogP contribution in [0, 0.1) is 6.57 Å². The molecular formula is C9H18N3+. The highest BCUT2D eigenvalue weighted by Crippen LogP contribution is 2.12. The highest BCUT2D eigenvalue weighted by molar-refractivity contribution is 5.20. The number of hydrogen-bond acceptors (Lipinski definition) is 2. The molecular weight excluding hydrogens is 150 g/mol. The van der Waals surface area contributed by atoms with Gasteiger partial charge in [-0.25, -0.2) is 0 Å². The fourth-order valence-electron chi connectivity index (χ4n) is 0.943. The van der Waals surface area contributed by atoms with Crippen molar-refractivity contribution in [1.29, 1.82) is 0 Å². The zero-order valence-corrected chi connectivity index (χ0v) is 7.71. The van der Waals surface area contributed by atoms with E-state index in [0.29, 0.717) is 6.54 Å². The van der Waals surface area contributed by atoms with Crippen molar-refractivity contribution in [2.75, 3.05) is 13.1 Å². The van der Waals surface area contributed by atoms with Gasteiger partial charge in [-0.2, -0.15) is 0 Å². The topological polar surface area (TPSA) is 56.4 Å². The molecule has 0 spiro atoms. The molecule has 0 fully saturated rings. The summed E-state index contributed by atoms with van der Waals surface area (Å²) in [5.41, 5.74) is 12.8. The third-order valence-electron chi connectivity index (χ3n) is 1.82. The van der Waals surface area contributed by atoms with Crippen LogP contribution >= 0.6 is 0 Å². The Bertz CT molecular complexity index is 188. The number of nitrogens with two attached hydrogens (primary N) is 2. The van der Waals surface area contributed by atoms with Crippen molar-refractivity contribution in [1.82, 2.24) is 0 Å². The van der Waals surface area contributed by atoms with Gasteiger partial charge in [0.15, 0.2) is 0 Å². The van der Waals surface area contributed by atoms with Gasteiger partial charge >= 0.3 is 5.70 Å². The lowest BCUT2D eigenvalue weighted by atomic mass is 10.1. The van der Waals surface area contributed by atoms with Crippen LogP contribution in [0.15, 0.2) is 11.3 Å². The molecule has 0 rings (SSSR count). The molecule has 0 aliphatic carbocycles. The number of rotatable bonds is 5. The summed E-state index contributed by atoms with van der Waals surface area (Å²) in [6, 6.07) is 0. The van der Waals surface area contributed by atoms with E-state index in [1.54, 1.807) is 0 Å². The molecule has 3 heteroatoms. The Hall–Kier alpha value is -0.850. The summed E-state index contributed by atoms with van der Waals surface area (Å²) in [4.78, 5) is 3.69. The summed E-state index contributed by atoms with van der Waals surface area (Å²) < 4.78 is 0. The molecule has 0 aliphatic rings. The van der Waals surface area contributed by atoms with Gasteiger partial charge in [0.1, 0.15) is 0 Å². The van der Waals surface area contributed by atoms with Gasteiger partial charge in [-0.3, -0.25) is 0 Å². The molecule has 0 amide bonds. The van der Waals surface area contributed by atoms with Gasteiger partial charge in [0, 0.05) is 12.1 Å². The Labute approximate surface area is 74.3 Å². The zero-order chi connectivity index (χ0) is 9.40. The summed E-state index contributed by atoms with van der Waals surface area (Å²) in [6.07, 6.45) is 2.93. The number of hydrogen-bond donors (Lipinski definition) is 2. The molecule has 0 aliphatic heterocycles. The highest BCUT2D eigenvalue weighted by atomic mass is 14.7. The Balaban J connectivity index is 3.94. The average molecular weight is 168 g/mol. The van der Waals surface area contributed by atoms with E-state index >= 15 is 0 Å². The average Bonchev–Trinajstić information content (AvgIpc) is 2.11. The third-order valence-corrected chi connectivity index (χ3v) is 1.82. The molecule has 0 saturated heterocycles. The molecule has 0 heterocycles. The predicted octanol–water partition coefficient (Wildman–Crippen LogP) is 1.31. The molecule has 0 aromatic carbocycles. The van der Waals surface area contributed by atoms with E-state index in [2.05, 4.69) is 4.85 Å². The fraction of sp³-hybridized carbons (Fsp3) is 0.667.